The van der Waals surface area contributed by atoms with Gasteiger partial charge in [-0.2, -0.15) is 0 Å². The predicted molar refractivity (Wildman–Crippen MR) is 84.6 cm³/mol. The van der Waals surface area contributed by atoms with Gasteiger partial charge in [0.2, 0.25) is 0 Å². The van der Waals surface area contributed by atoms with Gasteiger partial charge in [-0.1, -0.05) is 12.1 Å². The van der Waals surface area contributed by atoms with Crippen LogP contribution in [-0.2, 0) is 9.53 Å². The van der Waals surface area contributed by atoms with Crippen molar-refractivity contribution in [2.45, 2.75) is 44.8 Å². The first-order valence-electron chi connectivity index (χ1n) is 7.57. The summed E-state index contributed by atoms with van der Waals surface area (Å²) in [4.78, 5) is 23.3. The van der Waals surface area contributed by atoms with Crippen molar-refractivity contribution in [3.63, 3.8) is 0 Å². The molecule has 126 valence electrons. The van der Waals surface area contributed by atoms with E-state index < -0.39 is 23.6 Å². The van der Waals surface area contributed by atoms with E-state index in [0.29, 0.717) is 12.2 Å². The number of amides is 1. The van der Waals surface area contributed by atoms with Crippen LogP contribution < -0.4 is 10.1 Å². The molecule has 2 N–H and O–H groups in total. The number of rotatable bonds is 4. The molecule has 3 atom stereocenters. The lowest BCUT2D eigenvalue weighted by Crippen LogP contribution is -2.54. The molecule has 6 nitrogen and oxygen atoms in total. The van der Waals surface area contributed by atoms with Crippen molar-refractivity contribution >= 4 is 12.1 Å². The van der Waals surface area contributed by atoms with E-state index in [9.17, 15) is 14.7 Å². The molecule has 0 spiro atoms. The van der Waals surface area contributed by atoms with Crippen molar-refractivity contribution in [3.8, 4) is 5.75 Å². The molecule has 23 heavy (non-hydrogen) atoms. The Morgan fingerprint density at radius 1 is 1.22 bits per heavy atom. The lowest BCUT2D eigenvalue weighted by molar-refractivity contribution is -0.146. The third-order valence-electron chi connectivity index (χ3n) is 3.89. The number of carbonyl (C=O) groups is 2. The fraction of sp³-hybridized carbons (Fsp3) is 0.529. The molecular formula is C17H23NO5. The van der Waals surface area contributed by atoms with Crippen LogP contribution in [0.4, 0.5) is 4.79 Å². The Bertz CT molecular complexity index is 576. The summed E-state index contributed by atoms with van der Waals surface area (Å²) < 4.78 is 10.4. The lowest BCUT2D eigenvalue weighted by Gasteiger charge is -2.43. The number of carboxylic acid groups (broad SMARTS) is 1. The van der Waals surface area contributed by atoms with E-state index in [-0.39, 0.29) is 12.0 Å². The molecule has 6 heteroatoms. The largest absolute Gasteiger partial charge is 0.497 e. The predicted octanol–water partition coefficient (Wildman–Crippen LogP) is 2.78. The molecule has 0 heterocycles. The molecule has 1 amide bonds. The number of ether oxygens (including phenoxy) is 2. The fourth-order valence-corrected chi connectivity index (χ4v) is 2.80. The summed E-state index contributed by atoms with van der Waals surface area (Å²) in [5, 5.41) is 12.1. The quantitative estimate of drug-likeness (QED) is 0.890. The minimum Gasteiger partial charge on any atom is -0.497 e. The molecule has 2 rings (SSSR count). The van der Waals surface area contributed by atoms with Gasteiger partial charge in [-0.25, -0.2) is 4.79 Å². The zero-order chi connectivity index (χ0) is 17.2. The number of carboxylic acids is 1. The van der Waals surface area contributed by atoms with E-state index in [1.807, 2.05) is 12.1 Å². The van der Waals surface area contributed by atoms with E-state index in [1.165, 1.54) is 0 Å². The first kappa shape index (κ1) is 17.1. The van der Waals surface area contributed by atoms with E-state index >= 15 is 0 Å². The van der Waals surface area contributed by atoms with Gasteiger partial charge in [0.15, 0.2) is 0 Å². The highest BCUT2D eigenvalue weighted by Crippen LogP contribution is 2.43. The third kappa shape index (κ3) is 4.15. The Balaban J connectivity index is 2.10. The van der Waals surface area contributed by atoms with Crippen molar-refractivity contribution in [3.05, 3.63) is 29.8 Å². The number of hydrogen-bond acceptors (Lipinski definition) is 4. The summed E-state index contributed by atoms with van der Waals surface area (Å²) in [5.74, 6) is -0.932. The second kappa shape index (κ2) is 6.48. The molecule has 3 unspecified atom stereocenters. The van der Waals surface area contributed by atoms with Crippen LogP contribution in [0.15, 0.2) is 24.3 Å². The first-order valence-corrected chi connectivity index (χ1v) is 7.57. The van der Waals surface area contributed by atoms with Crippen molar-refractivity contribution in [1.29, 1.82) is 0 Å². The second-order valence-corrected chi connectivity index (χ2v) is 6.73. The Labute approximate surface area is 135 Å². The number of nitrogens with one attached hydrogen (secondary N) is 1. The maximum Gasteiger partial charge on any atom is 0.407 e. The lowest BCUT2D eigenvalue weighted by atomic mass is 9.66. The summed E-state index contributed by atoms with van der Waals surface area (Å²) in [6.45, 7) is 5.36. The van der Waals surface area contributed by atoms with Gasteiger partial charge in [-0.05, 0) is 44.9 Å². The molecule has 1 aromatic carbocycles. The van der Waals surface area contributed by atoms with E-state index in [4.69, 9.17) is 9.47 Å². The van der Waals surface area contributed by atoms with Crippen LogP contribution in [-0.4, -0.2) is 35.9 Å². The normalized spacial score (nSPS) is 23.6. The Morgan fingerprint density at radius 2 is 1.83 bits per heavy atom. The topological polar surface area (TPSA) is 84.9 Å². The molecule has 0 bridgehead atoms. The van der Waals surface area contributed by atoms with Crippen molar-refractivity contribution in [2.24, 2.45) is 5.92 Å². The molecule has 1 saturated carbocycles. The monoisotopic (exact) mass is 321 g/mol. The summed E-state index contributed by atoms with van der Waals surface area (Å²) in [6, 6.07) is 7.00. The van der Waals surface area contributed by atoms with Crippen LogP contribution in [0.25, 0.3) is 0 Å². The molecule has 1 aromatic rings. The zero-order valence-electron chi connectivity index (χ0n) is 13.8. The highest BCUT2D eigenvalue weighted by Gasteiger charge is 2.47. The molecule has 1 fully saturated rings. The van der Waals surface area contributed by atoms with Crippen molar-refractivity contribution < 1.29 is 24.2 Å². The van der Waals surface area contributed by atoms with Crippen molar-refractivity contribution in [1.82, 2.24) is 5.32 Å². The van der Waals surface area contributed by atoms with Crippen LogP contribution >= 0.6 is 0 Å². The SMILES string of the molecule is COc1ccc(C2C(NC(=O)OC(C)(C)C)CC2C(=O)O)cc1. The maximum atomic E-state index is 11.9. The standard InChI is InChI=1S/C17H23NO5/c1-17(2,3)23-16(21)18-13-9-12(15(19)20)14(13)10-5-7-11(22-4)8-6-10/h5-8,12-14H,9H2,1-4H3,(H,18,21)(H,19,20). The molecule has 1 aliphatic carbocycles. The minimum atomic E-state index is -0.854. The molecule has 0 saturated heterocycles. The van der Waals surface area contributed by atoms with Crippen LogP contribution in [0, 0.1) is 5.92 Å². The van der Waals surface area contributed by atoms with Gasteiger partial charge < -0.3 is 19.9 Å². The van der Waals surface area contributed by atoms with Crippen LogP contribution in [0.3, 0.4) is 0 Å². The van der Waals surface area contributed by atoms with E-state index in [0.717, 1.165) is 5.56 Å². The summed E-state index contributed by atoms with van der Waals surface area (Å²) in [7, 11) is 1.57. The summed E-state index contributed by atoms with van der Waals surface area (Å²) in [5.41, 5.74) is 0.279. The Kier molecular flexibility index (Phi) is 4.82. The smallest absolute Gasteiger partial charge is 0.407 e. The van der Waals surface area contributed by atoms with E-state index in [1.54, 1.807) is 40.0 Å². The Hall–Kier alpha value is -2.24. The molecule has 0 aromatic heterocycles. The molecule has 1 aliphatic rings. The number of alkyl carbamates (subject to hydrolysis) is 1. The fourth-order valence-electron chi connectivity index (χ4n) is 2.80. The number of benzene rings is 1. The van der Waals surface area contributed by atoms with Crippen molar-refractivity contribution in [2.75, 3.05) is 7.11 Å². The highest BCUT2D eigenvalue weighted by molar-refractivity contribution is 5.75. The highest BCUT2D eigenvalue weighted by atomic mass is 16.6. The average Bonchev–Trinajstić information content (AvgIpc) is 2.41. The molecule has 0 radical (unpaired) electrons. The average molecular weight is 321 g/mol. The van der Waals surface area contributed by atoms with Gasteiger partial charge in [-0.3, -0.25) is 4.79 Å². The van der Waals surface area contributed by atoms with Crippen LogP contribution in [0.1, 0.15) is 38.7 Å². The summed E-state index contributed by atoms with van der Waals surface area (Å²) in [6.07, 6.45) is -0.129. The first-order chi connectivity index (χ1) is 10.7. The number of methoxy groups -OCH3 is 1. The minimum absolute atomic E-state index is 0.251. The van der Waals surface area contributed by atoms with E-state index in [2.05, 4.69) is 5.32 Å². The number of carbonyl (C=O) groups excluding carboxylic acids is 1. The Morgan fingerprint density at radius 3 is 2.30 bits per heavy atom. The summed E-state index contributed by atoms with van der Waals surface area (Å²) >= 11 is 0. The number of hydrogen-bond donors (Lipinski definition) is 2. The number of aliphatic carboxylic acids is 1. The molecular weight excluding hydrogens is 298 g/mol. The van der Waals surface area contributed by atoms with Gasteiger partial charge in [-0.15, -0.1) is 0 Å². The van der Waals surface area contributed by atoms with Gasteiger partial charge in [0.25, 0.3) is 0 Å². The second-order valence-electron chi connectivity index (χ2n) is 6.73. The van der Waals surface area contributed by atoms with Gasteiger partial charge >= 0.3 is 12.1 Å². The maximum absolute atomic E-state index is 11.9. The van der Waals surface area contributed by atoms with Gasteiger partial charge in [0.05, 0.1) is 13.0 Å². The van der Waals surface area contributed by atoms with Gasteiger partial charge in [0, 0.05) is 12.0 Å². The van der Waals surface area contributed by atoms with Gasteiger partial charge in [0.1, 0.15) is 11.4 Å². The van der Waals surface area contributed by atoms with Crippen LogP contribution in [0.2, 0.25) is 0 Å². The van der Waals surface area contributed by atoms with Crippen LogP contribution in [0.5, 0.6) is 5.75 Å². The third-order valence-corrected chi connectivity index (χ3v) is 3.89. The molecule has 0 aliphatic heterocycles. The zero-order valence-corrected chi connectivity index (χ0v) is 13.8.